The van der Waals surface area contributed by atoms with Crippen molar-refractivity contribution in [2.24, 2.45) is 13.0 Å². The van der Waals surface area contributed by atoms with E-state index in [1.54, 1.807) is 18.0 Å². The number of methoxy groups -OCH3 is 1. The first kappa shape index (κ1) is 15.9. The fourth-order valence-electron chi connectivity index (χ4n) is 3.10. The maximum atomic E-state index is 5.99. The molecule has 3 heterocycles. The third-order valence-corrected chi connectivity index (χ3v) is 4.39. The Kier molecular flexibility index (Phi) is 4.92. The second kappa shape index (κ2) is 7.10. The van der Waals surface area contributed by atoms with Crippen molar-refractivity contribution in [1.29, 1.82) is 0 Å². The van der Waals surface area contributed by atoms with E-state index in [-0.39, 0.29) is 0 Å². The van der Waals surface area contributed by atoms with Crippen LogP contribution in [0.4, 0.5) is 11.8 Å². The zero-order chi connectivity index (χ0) is 16.2. The molecule has 8 nitrogen and oxygen atoms in total. The number of nitrogens with two attached hydrogens (primary N) is 1. The van der Waals surface area contributed by atoms with Crippen LogP contribution >= 0.6 is 0 Å². The number of ether oxygens (including phenoxy) is 1. The van der Waals surface area contributed by atoms with Crippen molar-refractivity contribution in [1.82, 2.24) is 24.6 Å². The van der Waals surface area contributed by atoms with E-state index in [9.17, 15) is 0 Å². The van der Waals surface area contributed by atoms with Crippen molar-refractivity contribution in [3.8, 4) is 0 Å². The van der Waals surface area contributed by atoms with Crippen LogP contribution in [0.5, 0.6) is 0 Å². The van der Waals surface area contributed by atoms with Crippen LogP contribution < -0.4 is 11.1 Å². The minimum absolute atomic E-state index is 0.468. The summed E-state index contributed by atoms with van der Waals surface area (Å²) in [4.78, 5) is 11.3. The van der Waals surface area contributed by atoms with Gasteiger partial charge in [0.2, 0.25) is 5.95 Å². The zero-order valence-electron chi connectivity index (χ0n) is 13.8. The highest BCUT2D eigenvalue weighted by Crippen LogP contribution is 2.20. The summed E-state index contributed by atoms with van der Waals surface area (Å²) >= 11 is 0. The Labute approximate surface area is 136 Å². The van der Waals surface area contributed by atoms with Crippen LogP contribution in [0.1, 0.15) is 12.8 Å². The monoisotopic (exact) mass is 319 g/mol. The largest absolute Gasteiger partial charge is 0.383 e. The quantitative estimate of drug-likeness (QED) is 0.810. The van der Waals surface area contributed by atoms with Gasteiger partial charge in [-0.05, 0) is 25.3 Å². The summed E-state index contributed by atoms with van der Waals surface area (Å²) in [5.74, 6) is 1.64. The minimum atomic E-state index is 0.468. The smallest absolute Gasteiger partial charge is 0.226 e. The summed E-state index contributed by atoms with van der Waals surface area (Å²) < 4.78 is 6.88. The van der Waals surface area contributed by atoms with Crippen molar-refractivity contribution >= 4 is 22.8 Å². The number of hydrogen-bond donors (Lipinski definition) is 2. The number of piperidine rings is 1. The summed E-state index contributed by atoms with van der Waals surface area (Å²) in [5.41, 5.74) is 6.74. The summed E-state index contributed by atoms with van der Waals surface area (Å²) in [6.45, 7) is 4.88. The van der Waals surface area contributed by atoms with Crippen LogP contribution in [0.3, 0.4) is 0 Å². The number of nitrogens with zero attached hydrogens (tertiary/aromatic N) is 5. The van der Waals surface area contributed by atoms with E-state index < -0.39 is 0 Å². The van der Waals surface area contributed by atoms with Gasteiger partial charge in [-0.3, -0.25) is 4.68 Å². The van der Waals surface area contributed by atoms with Gasteiger partial charge >= 0.3 is 0 Å². The molecule has 0 aromatic carbocycles. The lowest BCUT2D eigenvalue weighted by Crippen LogP contribution is -2.39. The molecule has 0 saturated carbocycles. The van der Waals surface area contributed by atoms with Gasteiger partial charge in [0.1, 0.15) is 5.82 Å². The number of nitrogens with one attached hydrogen (secondary N) is 1. The molecule has 1 aliphatic rings. The molecule has 8 heteroatoms. The number of likely N-dealkylation sites (tertiary alicyclic amines) is 1. The first-order valence-corrected chi connectivity index (χ1v) is 8.07. The number of anilines is 2. The van der Waals surface area contributed by atoms with Crippen molar-refractivity contribution in [2.45, 2.75) is 12.8 Å². The lowest BCUT2D eigenvalue weighted by atomic mass is 9.98. The molecule has 2 aromatic rings. The molecule has 0 bridgehead atoms. The summed E-state index contributed by atoms with van der Waals surface area (Å²) in [6.07, 6.45) is 4.14. The van der Waals surface area contributed by atoms with Crippen molar-refractivity contribution < 1.29 is 4.74 Å². The minimum Gasteiger partial charge on any atom is -0.383 e. The van der Waals surface area contributed by atoms with Crippen molar-refractivity contribution in [3.05, 3.63) is 6.20 Å². The van der Waals surface area contributed by atoms with Crippen LogP contribution in [0.25, 0.3) is 11.0 Å². The van der Waals surface area contributed by atoms with Gasteiger partial charge in [0.15, 0.2) is 5.65 Å². The molecule has 2 aromatic heterocycles. The molecule has 3 N–H and O–H groups in total. The number of fused-ring (bicyclic) bond motifs is 1. The van der Waals surface area contributed by atoms with Crippen LogP contribution in [0, 0.1) is 5.92 Å². The van der Waals surface area contributed by atoms with Crippen LogP contribution in [0.2, 0.25) is 0 Å². The molecule has 0 amide bonds. The van der Waals surface area contributed by atoms with Crippen molar-refractivity contribution in [3.63, 3.8) is 0 Å². The van der Waals surface area contributed by atoms with E-state index in [0.29, 0.717) is 17.7 Å². The molecule has 1 fully saturated rings. The third-order valence-electron chi connectivity index (χ3n) is 4.39. The molecule has 1 atom stereocenters. The molecule has 0 spiro atoms. The Morgan fingerprint density at radius 3 is 3.13 bits per heavy atom. The van der Waals surface area contributed by atoms with Gasteiger partial charge < -0.3 is 20.7 Å². The van der Waals surface area contributed by atoms with Gasteiger partial charge in [-0.15, -0.1) is 0 Å². The maximum Gasteiger partial charge on any atom is 0.226 e. The molecular formula is C15H25N7O. The average Bonchev–Trinajstić information content (AvgIpc) is 2.93. The van der Waals surface area contributed by atoms with Crippen LogP contribution in [0.15, 0.2) is 6.20 Å². The highest BCUT2D eigenvalue weighted by atomic mass is 16.5. The Bertz CT molecular complexity index is 657. The van der Waals surface area contributed by atoms with Crippen LogP contribution in [-0.2, 0) is 11.8 Å². The maximum absolute atomic E-state index is 5.99. The molecule has 126 valence electrons. The number of nitrogen functional groups attached to an aromatic ring is 1. The molecule has 3 rings (SSSR count). The Balaban J connectivity index is 1.60. The first-order chi connectivity index (χ1) is 11.2. The van der Waals surface area contributed by atoms with E-state index >= 15 is 0 Å². The number of aromatic nitrogens is 4. The Hall–Kier alpha value is -1.93. The van der Waals surface area contributed by atoms with E-state index in [1.165, 1.54) is 12.8 Å². The van der Waals surface area contributed by atoms with Gasteiger partial charge in [-0.1, -0.05) is 0 Å². The Morgan fingerprint density at radius 2 is 2.30 bits per heavy atom. The predicted molar refractivity (Wildman–Crippen MR) is 90.2 cm³/mol. The second-order valence-electron chi connectivity index (χ2n) is 6.12. The molecule has 1 saturated heterocycles. The lowest BCUT2D eigenvalue weighted by molar-refractivity contribution is 0.117. The predicted octanol–water partition coefficient (Wildman–Crippen LogP) is 0.716. The summed E-state index contributed by atoms with van der Waals surface area (Å²) in [6, 6.07) is 0. The van der Waals surface area contributed by atoms with Gasteiger partial charge in [-0.2, -0.15) is 15.1 Å². The van der Waals surface area contributed by atoms with Gasteiger partial charge in [0.05, 0.1) is 18.2 Å². The Morgan fingerprint density at radius 1 is 1.43 bits per heavy atom. The van der Waals surface area contributed by atoms with Gasteiger partial charge in [-0.25, -0.2) is 0 Å². The fourth-order valence-corrected chi connectivity index (χ4v) is 3.10. The number of hydrogen-bond acceptors (Lipinski definition) is 7. The lowest BCUT2D eigenvalue weighted by Gasteiger charge is -2.32. The fraction of sp³-hybridized carbons (Fsp3) is 0.667. The standard InChI is InChI=1S/C15H25N7O/c1-21-14-12(9-18-21)13(16)19-15(20-14)17-8-11-4-3-5-22(10-11)6-7-23-2/h9,11H,3-8,10H2,1-2H3,(H3,16,17,19,20). The first-order valence-electron chi connectivity index (χ1n) is 8.07. The normalized spacial score (nSPS) is 19.3. The van der Waals surface area contributed by atoms with Gasteiger partial charge in [0, 0.05) is 33.8 Å². The summed E-state index contributed by atoms with van der Waals surface area (Å²) in [5, 5.41) is 8.31. The van der Waals surface area contributed by atoms with E-state index in [4.69, 9.17) is 10.5 Å². The molecular weight excluding hydrogens is 294 g/mol. The van der Waals surface area contributed by atoms with Crippen molar-refractivity contribution in [2.75, 3.05) is 50.9 Å². The zero-order valence-corrected chi connectivity index (χ0v) is 13.8. The third kappa shape index (κ3) is 3.70. The van der Waals surface area contributed by atoms with Crippen LogP contribution in [-0.4, -0.2) is 64.5 Å². The summed E-state index contributed by atoms with van der Waals surface area (Å²) in [7, 11) is 3.60. The molecule has 0 radical (unpaired) electrons. The second-order valence-corrected chi connectivity index (χ2v) is 6.12. The molecule has 0 aliphatic carbocycles. The highest BCUT2D eigenvalue weighted by Gasteiger charge is 2.20. The average molecular weight is 319 g/mol. The van der Waals surface area contributed by atoms with E-state index in [1.807, 2.05) is 7.05 Å². The number of aryl methyl sites for hydroxylation is 1. The SMILES string of the molecule is COCCN1CCCC(CNc2nc(N)c3cnn(C)c3n2)C1. The molecule has 23 heavy (non-hydrogen) atoms. The highest BCUT2D eigenvalue weighted by molar-refractivity contribution is 5.86. The number of rotatable bonds is 6. The van der Waals surface area contributed by atoms with E-state index in [2.05, 4.69) is 25.3 Å². The molecule has 1 aliphatic heterocycles. The van der Waals surface area contributed by atoms with E-state index in [0.717, 1.165) is 43.8 Å². The topological polar surface area (TPSA) is 94.1 Å². The van der Waals surface area contributed by atoms with Gasteiger partial charge in [0.25, 0.3) is 0 Å². The molecule has 1 unspecified atom stereocenters.